The first-order valence-electron chi connectivity index (χ1n) is 6.63. The van der Waals surface area contributed by atoms with Gasteiger partial charge in [0.15, 0.2) is 0 Å². The summed E-state index contributed by atoms with van der Waals surface area (Å²) in [4.78, 5) is 0. The Morgan fingerprint density at radius 3 is 2.41 bits per heavy atom. The second-order valence-electron chi connectivity index (χ2n) is 6.27. The molecule has 1 aliphatic rings. The molecule has 0 radical (unpaired) electrons. The van der Waals surface area contributed by atoms with Crippen LogP contribution in [0.2, 0.25) is 0 Å². The first-order chi connectivity index (χ1) is 7.88. The summed E-state index contributed by atoms with van der Waals surface area (Å²) in [5, 5.41) is 0. The maximum Gasteiger partial charge on any atom is 0.00525 e. The Balaban J connectivity index is 2.85. The van der Waals surface area contributed by atoms with Crippen molar-refractivity contribution in [2.24, 2.45) is 17.3 Å². The van der Waals surface area contributed by atoms with Gasteiger partial charge in [0.1, 0.15) is 0 Å². The minimum absolute atomic E-state index is 0.254. The lowest BCUT2D eigenvalue weighted by atomic mass is 9.87. The van der Waals surface area contributed by atoms with Gasteiger partial charge in [0.05, 0.1) is 0 Å². The van der Waals surface area contributed by atoms with Crippen LogP contribution in [0.25, 0.3) is 0 Å². The van der Waals surface area contributed by atoms with Gasteiger partial charge in [-0.15, -0.1) is 0 Å². The molecule has 0 aromatic carbocycles. The number of rotatable bonds is 3. The van der Waals surface area contributed by atoms with Gasteiger partial charge in [0.25, 0.3) is 0 Å². The van der Waals surface area contributed by atoms with Crippen LogP contribution in [0.15, 0.2) is 48.1 Å². The molecule has 0 spiro atoms. The summed E-state index contributed by atoms with van der Waals surface area (Å²) in [5.74, 6) is 1.16. The summed E-state index contributed by atoms with van der Waals surface area (Å²) in [6.07, 6.45) is 17.0. The molecule has 0 aromatic heterocycles. The molecule has 0 amide bonds. The zero-order valence-corrected chi connectivity index (χ0v) is 11.9. The summed E-state index contributed by atoms with van der Waals surface area (Å²) >= 11 is 0. The van der Waals surface area contributed by atoms with Gasteiger partial charge in [-0.05, 0) is 23.3 Å². The molecular weight excluding hydrogens is 204 g/mol. The maximum absolute atomic E-state index is 2.39. The largest absolute Gasteiger partial charge is 0.0836 e. The third kappa shape index (κ3) is 5.72. The summed E-state index contributed by atoms with van der Waals surface area (Å²) < 4.78 is 0. The van der Waals surface area contributed by atoms with Crippen molar-refractivity contribution >= 4 is 0 Å². The van der Waals surface area contributed by atoms with E-state index in [1.807, 2.05) is 0 Å². The fourth-order valence-corrected chi connectivity index (χ4v) is 1.86. The van der Waals surface area contributed by atoms with E-state index in [4.69, 9.17) is 0 Å². The van der Waals surface area contributed by atoms with E-state index in [1.165, 1.54) is 5.57 Å². The second kappa shape index (κ2) is 6.05. The van der Waals surface area contributed by atoms with Gasteiger partial charge >= 0.3 is 0 Å². The molecule has 0 fully saturated rings. The molecule has 1 unspecified atom stereocenters. The van der Waals surface area contributed by atoms with E-state index in [0.29, 0.717) is 11.8 Å². The van der Waals surface area contributed by atoms with Gasteiger partial charge in [-0.2, -0.15) is 0 Å². The molecule has 0 nitrogen and oxygen atoms in total. The minimum atomic E-state index is 0.254. The Hall–Kier alpha value is -1.04. The quantitative estimate of drug-likeness (QED) is 0.577. The van der Waals surface area contributed by atoms with E-state index >= 15 is 0 Å². The molecule has 0 saturated carbocycles. The maximum atomic E-state index is 2.39. The van der Waals surface area contributed by atoms with Crippen LogP contribution in [0.1, 0.15) is 41.0 Å². The molecule has 0 heterocycles. The summed E-state index contributed by atoms with van der Waals surface area (Å²) in [6.45, 7) is 11.2. The topological polar surface area (TPSA) is 0 Å². The molecule has 0 aromatic rings. The van der Waals surface area contributed by atoms with Crippen LogP contribution in [0.5, 0.6) is 0 Å². The molecule has 0 N–H and O–H groups in total. The molecule has 1 atom stereocenters. The Morgan fingerprint density at radius 1 is 1.24 bits per heavy atom. The van der Waals surface area contributed by atoms with Gasteiger partial charge < -0.3 is 0 Å². The van der Waals surface area contributed by atoms with E-state index in [0.717, 1.165) is 6.42 Å². The van der Waals surface area contributed by atoms with Gasteiger partial charge in [-0.3, -0.25) is 0 Å². The summed E-state index contributed by atoms with van der Waals surface area (Å²) in [7, 11) is 0. The lowest BCUT2D eigenvalue weighted by Gasteiger charge is -2.18. The summed E-state index contributed by atoms with van der Waals surface area (Å²) in [6, 6.07) is 0. The lowest BCUT2D eigenvalue weighted by Crippen LogP contribution is -2.04. The third-order valence-electron chi connectivity index (χ3n) is 2.71. The van der Waals surface area contributed by atoms with Crippen molar-refractivity contribution in [1.29, 1.82) is 0 Å². The number of hydrogen-bond donors (Lipinski definition) is 0. The Bertz CT molecular complexity index is 343. The van der Waals surface area contributed by atoms with E-state index in [9.17, 15) is 0 Å². The SMILES string of the molecule is CC(C)C=C(C=CC(C)(C)C)C1C=CC=CC1. The van der Waals surface area contributed by atoms with Crippen molar-refractivity contribution in [1.82, 2.24) is 0 Å². The van der Waals surface area contributed by atoms with Gasteiger partial charge in [0.2, 0.25) is 0 Å². The number of allylic oxidation sites excluding steroid dienone is 8. The van der Waals surface area contributed by atoms with Crippen molar-refractivity contribution in [3.8, 4) is 0 Å². The fourth-order valence-electron chi connectivity index (χ4n) is 1.86. The molecule has 17 heavy (non-hydrogen) atoms. The molecule has 1 aliphatic carbocycles. The molecule has 0 heteroatoms. The van der Waals surface area contributed by atoms with Crippen LogP contribution in [-0.2, 0) is 0 Å². The zero-order valence-electron chi connectivity index (χ0n) is 11.9. The van der Waals surface area contributed by atoms with Crippen LogP contribution in [0.3, 0.4) is 0 Å². The predicted octanol–water partition coefficient (Wildman–Crippen LogP) is 5.30. The Morgan fingerprint density at radius 2 is 1.94 bits per heavy atom. The molecular formula is C17H26. The van der Waals surface area contributed by atoms with Crippen molar-refractivity contribution in [2.75, 3.05) is 0 Å². The van der Waals surface area contributed by atoms with Crippen LogP contribution in [0.4, 0.5) is 0 Å². The highest BCUT2D eigenvalue weighted by Gasteiger charge is 2.11. The van der Waals surface area contributed by atoms with E-state index in [1.54, 1.807) is 0 Å². The van der Waals surface area contributed by atoms with Crippen molar-refractivity contribution in [3.63, 3.8) is 0 Å². The average Bonchev–Trinajstić information content (AvgIpc) is 2.24. The molecule has 0 saturated heterocycles. The van der Waals surface area contributed by atoms with Crippen molar-refractivity contribution in [2.45, 2.75) is 41.0 Å². The standard InChI is InChI=1S/C17H26/c1-14(2)13-16(11-12-17(3,4)5)15-9-7-6-8-10-15/h6-9,11-15H,10H2,1-5H3. The molecule has 1 rings (SSSR count). The second-order valence-corrected chi connectivity index (χ2v) is 6.27. The van der Waals surface area contributed by atoms with Crippen LogP contribution in [-0.4, -0.2) is 0 Å². The van der Waals surface area contributed by atoms with E-state index in [2.05, 4.69) is 77.2 Å². The Labute approximate surface area is 107 Å². The highest BCUT2D eigenvalue weighted by Crippen LogP contribution is 2.25. The molecule has 94 valence electrons. The fraction of sp³-hybridized carbons (Fsp3) is 0.529. The number of hydrogen-bond acceptors (Lipinski definition) is 0. The van der Waals surface area contributed by atoms with Crippen molar-refractivity contribution < 1.29 is 0 Å². The molecule has 0 bridgehead atoms. The molecule has 0 aliphatic heterocycles. The summed E-state index contributed by atoms with van der Waals surface area (Å²) in [5.41, 5.74) is 1.71. The normalized spacial score (nSPS) is 21.8. The zero-order chi connectivity index (χ0) is 12.9. The average molecular weight is 230 g/mol. The minimum Gasteiger partial charge on any atom is -0.0836 e. The monoisotopic (exact) mass is 230 g/mol. The third-order valence-corrected chi connectivity index (χ3v) is 2.71. The van der Waals surface area contributed by atoms with Crippen LogP contribution >= 0.6 is 0 Å². The van der Waals surface area contributed by atoms with E-state index < -0.39 is 0 Å². The predicted molar refractivity (Wildman–Crippen MR) is 77.9 cm³/mol. The van der Waals surface area contributed by atoms with Gasteiger partial charge in [-0.1, -0.05) is 77.2 Å². The lowest BCUT2D eigenvalue weighted by molar-refractivity contribution is 0.543. The first kappa shape index (κ1) is 14.0. The smallest absolute Gasteiger partial charge is 0.00525 e. The first-order valence-corrected chi connectivity index (χ1v) is 6.63. The Kier molecular flexibility index (Phi) is 4.99. The van der Waals surface area contributed by atoms with Gasteiger partial charge in [-0.25, -0.2) is 0 Å². The van der Waals surface area contributed by atoms with Crippen LogP contribution < -0.4 is 0 Å². The van der Waals surface area contributed by atoms with Crippen LogP contribution in [0, 0.1) is 17.3 Å². The highest BCUT2D eigenvalue weighted by molar-refractivity contribution is 5.30. The highest BCUT2D eigenvalue weighted by atomic mass is 14.2. The van der Waals surface area contributed by atoms with E-state index in [-0.39, 0.29) is 5.41 Å². The van der Waals surface area contributed by atoms with Gasteiger partial charge in [0, 0.05) is 5.92 Å². The van der Waals surface area contributed by atoms with Crippen molar-refractivity contribution in [3.05, 3.63) is 48.1 Å².